The molecule has 1 saturated heterocycles. The van der Waals surface area contributed by atoms with Crippen LogP contribution in [0.4, 0.5) is 0 Å². The molecule has 0 spiro atoms. The lowest BCUT2D eigenvalue weighted by atomic mass is 10.3. The molecule has 1 unspecified atom stereocenters. The lowest BCUT2D eigenvalue weighted by Crippen LogP contribution is -2.34. The van der Waals surface area contributed by atoms with E-state index in [-0.39, 0.29) is 0 Å². The summed E-state index contributed by atoms with van der Waals surface area (Å²) >= 11 is 5.44. The van der Waals surface area contributed by atoms with E-state index in [1.807, 2.05) is 11.3 Å². The van der Waals surface area contributed by atoms with Crippen molar-refractivity contribution in [3.63, 3.8) is 0 Å². The fraction of sp³-hybridized carbons (Fsp3) is 0.636. The van der Waals surface area contributed by atoms with E-state index in [0.29, 0.717) is 6.04 Å². The molecule has 0 amide bonds. The van der Waals surface area contributed by atoms with Gasteiger partial charge in [-0.15, -0.1) is 11.3 Å². The number of hydrogen-bond donors (Lipinski definition) is 1. The van der Waals surface area contributed by atoms with Crippen molar-refractivity contribution in [1.29, 1.82) is 0 Å². The van der Waals surface area contributed by atoms with Crippen molar-refractivity contribution in [3.05, 3.63) is 20.8 Å². The van der Waals surface area contributed by atoms with Crippen molar-refractivity contribution in [3.8, 4) is 0 Å². The Bertz CT molecular complexity index is 313. The number of rotatable bonds is 2. The van der Waals surface area contributed by atoms with Crippen LogP contribution in [0.5, 0.6) is 0 Å². The molecule has 2 heterocycles. The molecule has 0 saturated carbocycles. The van der Waals surface area contributed by atoms with Gasteiger partial charge in [-0.2, -0.15) is 0 Å². The van der Waals surface area contributed by atoms with E-state index in [2.05, 4.69) is 44.5 Å². The van der Waals surface area contributed by atoms with Crippen LogP contribution in [0.3, 0.4) is 0 Å². The van der Waals surface area contributed by atoms with Gasteiger partial charge in [0.15, 0.2) is 0 Å². The molecule has 1 fully saturated rings. The summed E-state index contributed by atoms with van der Waals surface area (Å²) in [7, 11) is 0. The van der Waals surface area contributed by atoms with Gasteiger partial charge in [-0.05, 0) is 53.8 Å². The minimum atomic E-state index is 0.617. The molecule has 15 heavy (non-hydrogen) atoms. The molecule has 0 bridgehead atoms. The van der Waals surface area contributed by atoms with Gasteiger partial charge in [0.05, 0.1) is 0 Å². The van der Waals surface area contributed by atoms with Crippen LogP contribution in [0.25, 0.3) is 0 Å². The minimum absolute atomic E-state index is 0.617. The highest BCUT2D eigenvalue weighted by Gasteiger charge is 2.15. The molecule has 0 aliphatic carbocycles. The van der Waals surface area contributed by atoms with Gasteiger partial charge in [0, 0.05) is 28.5 Å². The van der Waals surface area contributed by atoms with Gasteiger partial charge < -0.3 is 5.32 Å². The average Bonchev–Trinajstić information content (AvgIpc) is 2.48. The summed E-state index contributed by atoms with van der Waals surface area (Å²) in [5.74, 6) is 0. The molecular formula is C11H17BrN2S. The molecule has 1 N–H and O–H groups in total. The standard InChI is InChI=1S/C11H17BrN2S/c1-9-7-14(5-2-4-13-9)8-11-10(12)3-6-15-11/h3,6,9,13H,2,4-5,7-8H2,1H3. The second kappa shape index (κ2) is 5.43. The number of hydrogen-bond acceptors (Lipinski definition) is 3. The van der Waals surface area contributed by atoms with Crippen molar-refractivity contribution in [2.45, 2.75) is 25.9 Å². The van der Waals surface area contributed by atoms with Crippen LogP contribution in [-0.4, -0.2) is 30.6 Å². The summed E-state index contributed by atoms with van der Waals surface area (Å²) in [6, 6.07) is 2.76. The lowest BCUT2D eigenvalue weighted by Gasteiger charge is -2.21. The third kappa shape index (κ3) is 3.28. The molecule has 0 radical (unpaired) electrons. The van der Waals surface area contributed by atoms with E-state index < -0.39 is 0 Å². The molecule has 2 nitrogen and oxygen atoms in total. The van der Waals surface area contributed by atoms with E-state index in [0.717, 1.165) is 19.6 Å². The quantitative estimate of drug-likeness (QED) is 0.900. The SMILES string of the molecule is CC1CN(Cc2sccc2Br)CCCN1. The van der Waals surface area contributed by atoms with Crippen molar-refractivity contribution in [1.82, 2.24) is 10.2 Å². The van der Waals surface area contributed by atoms with Crippen LogP contribution in [0, 0.1) is 0 Å². The van der Waals surface area contributed by atoms with E-state index in [4.69, 9.17) is 0 Å². The van der Waals surface area contributed by atoms with Crippen LogP contribution in [0.15, 0.2) is 15.9 Å². The number of thiophene rings is 1. The summed E-state index contributed by atoms with van der Waals surface area (Å²) < 4.78 is 1.26. The van der Waals surface area contributed by atoms with E-state index >= 15 is 0 Å². The largest absolute Gasteiger partial charge is 0.313 e. The summed E-state index contributed by atoms with van der Waals surface area (Å²) in [6.45, 7) is 6.88. The molecular weight excluding hydrogens is 272 g/mol. The van der Waals surface area contributed by atoms with Crippen molar-refractivity contribution >= 4 is 27.3 Å². The van der Waals surface area contributed by atoms with E-state index in [1.54, 1.807) is 0 Å². The van der Waals surface area contributed by atoms with Gasteiger partial charge in [0.2, 0.25) is 0 Å². The van der Waals surface area contributed by atoms with Crippen LogP contribution in [0.2, 0.25) is 0 Å². The molecule has 1 aliphatic heterocycles. The summed E-state index contributed by atoms with van der Waals surface area (Å²) in [6.07, 6.45) is 1.26. The van der Waals surface area contributed by atoms with E-state index in [1.165, 1.54) is 22.3 Å². The van der Waals surface area contributed by atoms with Crippen LogP contribution >= 0.6 is 27.3 Å². The normalized spacial score (nSPS) is 24.0. The molecule has 1 aromatic rings. The number of nitrogens with zero attached hydrogens (tertiary/aromatic N) is 1. The van der Waals surface area contributed by atoms with E-state index in [9.17, 15) is 0 Å². The fourth-order valence-corrected chi connectivity index (χ4v) is 3.50. The zero-order valence-corrected chi connectivity index (χ0v) is 11.4. The Hall–Kier alpha value is 0.1000. The Morgan fingerprint density at radius 1 is 1.67 bits per heavy atom. The zero-order valence-electron chi connectivity index (χ0n) is 9.00. The first kappa shape index (κ1) is 11.6. The summed E-state index contributed by atoms with van der Waals surface area (Å²) in [4.78, 5) is 3.99. The highest BCUT2D eigenvalue weighted by Crippen LogP contribution is 2.24. The van der Waals surface area contributed by atoms with Gasteiger partial charge in [-0.25, -0.2) is 0 Å². The summed E-state index contributed by atoms with van der Waals surface area (Å²) in [5, 5.41) is 5.67. The van der Waals surface area contributed by atoms with Gasteiger partial charge >= 0.3 is 0 Å². The Labute approximate surface area is 104 Å². The third-order valence-electron chi connectivity index (χ3n) is 2.73. The maximum absolute atomic E-state index is 3.60. The van der Waals surface area contributed by atoms with Crippen LogP contribution in [0.1, 0.15) is 18.2 Å². The van der Waals surface area contributed by atoms with Crippen LogP contribution < -0.4 is 5.32 Å². The molecule has 0 aromatic carbocycles. The predicted octanol–water partition coefficient (Wildman–Crippen LogP) is 2.69. The third-order valence-corrected chi connectivity index (χ3v) is 4.65. The number of nitrogens with one attached hydrogen (secondary N) is 1. The first-order valence-corrected chi connectivity index (χ1v) is 7.10. The van der Waals surface area contributed by atoms with Gasteiger partial charge in [0.25, 0.3) is 0 Å². The van der Waals surface area contributed by atoms with Crippen molar-refractivity contribution < 1.29 is 0 Å². The zero-order chi connectivity index (χ0) is 10.7. The minimum Gasteiger partial charge on any atom is -0.313 e. The monoisotopic (exact) mass is 288 g/mol. The van der Waals surface area contributed by atoms with Gasteiger partial charge in [-0.3, -0.25) is 4.90 Å². The molecule has 84 valence electrons. The molecule has 1 aromatic heterocycles. The topological polar surface area (TPSA) is 15.3 Å². The van der Waals surface area contributed by atoms with Gasteiger partial charge in [-0.1, -0.05) is 0 Å². The maximum atomic E-state index is 3.60. The Morgan fingerprint density at radius 2 is 2.53 bits per heavy atom. The molecule has 1 aliphatic rings. The fourth-order valence-electron chi connectivity index (χ4n) is 1.98. The van der Waals surface area contributed by atoms with Gasteiger partial charge in [0.1, 0.15) is 0 Å². The lowest BCUT2D eigenvalue weighted by molar-refractivity contribution is 0.266. The number of halogens is 1. The molecule has 4 heteroatoms. The second-order valence-corrected chi connectivity index (χ2v) is 5.99. The predicted molar refractivity (Wildman–Crippen MR) is 69.4 cm³/mol. The maximum Gasteiger partial charge on any atom is 0.0339 e. The first-order chi connectivity index (χ1) is 7.25. The van der Waals surface area contributed by atoms with Crippen LogP contribution in [-0.2, 0) is 6.54 Å². The van der Waals surface area contributed by atoms with Crippen molar-refractivity contribution in [2.75, 3.05) is 19.6 Å². The molecule has 2 rings (SSSR count). The average molecular weight is 289 g/mol. The highest BCUT2D eigenvalue weighted by molar-refractivity contribution is 9.10. The van der Waals surface area contributed by atoms with Crippen molar-refractivity contribution in [2.24, 2.45) is 0 Å². The highest BCUT2D eigenvalue weighted by atomic mass is 79.9. The Kier molecular flexibility index (Phi) is 4.20. The summed E-state index contributed by atoms with van der Waals surface area (Å²) in [5.41, 5.74) is 0. The Balaban J connectivity index is 1.96. The Morgan fingerprint density at radius 3 is 3.27 bits per heavy atom. The first-order valence-electron chi connectivity index (χ1n) is 5.43. The second-order valence-electron chi connectivity index (χ2n) is 4.14. The molecule has 1 atom stereocenters. The smallest absolute Gasteiger partial charge is 0.0339 e.